The Morgan fingerprint density at radius 1 is 0.672 bits per heavy atom. The highest BCUT2D eigenvalue weighted by atomic mass is 35.5. The van der Waals surface area contributed by atoms with Crippen molar-refractivity contribution in [2.75, 3.05) is 34.0 Å². The summed E-state index contributed by atoms with van der Waals surface area (Å²) in [6.07, 6.45) is 3.48. The molecule has 2 heterocycles. The summed E-state index contributed by atoms with van der Waals surface area (Å²) in [6.45, 7) is 7.78. The number of carboxylic acid groups (broad SMARTS) is 2. The minimum absolute atomic E-state index is 0. The van der Waals surface area contributed by atoms with Gasteiger partial charge in [-0.1, -0.05) is 60.7 Å². The monoisotopic (exact) mass is 910 g/mol. The van der Waals surface area contributed by atoms with Gasteiger partial charge in [0, 0.05) is 19.5 Å². The zero-order chi connectivity index (χ0) is 46.1. The first-order chi connectivity index (χ1) is 30.2. The Balaban J connectivity index is 0.000000349. The van der Waals surface area contributed by atoms with Crippen molar-refractivity contribution in [1.29, 1.82) is 0 Å². The zero-order valence-electron chi connectivity index (χ0n) is 37.5. The van der Waals surface area contributed by atoms with E-state index in [2.05, 4.69) is 10.6 Å². The Labute approximate surface area is 381 Å². The fourth-order valence-electron chi connectivity index (χ4n) is 7.83. The zero-order valence-corrected chi connectivity index (χ0v) is 38.3. The SMILES string of the molecule is CCOC(=O)[C@H](CCc1ccccc1)N[C@@H](C)C(=O)N1CCC[C@H]1C(=O)O.CCOC(=O)[C@H](CCc1ccccc1)N[C@@H](C)C(=O)N1Cc2cc(OC)c(OC)cc2C[C@H]1C(=O)O.Cl. The van der Waals surface area contributed by atoms with Crippen LogP contribution in [-0.4, -0.2) is 126 Å². The number of fused-ring (bicyclic) bond motifs is 1. The summed E-state index contributed by atoms with van der Waals surface area (Å²) < 4.78 is 21.1. The molecule has 0 saturated carbocycles. The molecule has 2 amide bonds. The van der Waals surface area contributed by atoms with Gasteiger partial charge in [0.1, 0.15) is 24.2 Å². The first-order valence-electron chi connectivity index (χ1n) is 21.5. The van der Waals surface area contributed by atoms with E-state index in [4.69, 9.17) is 18.9 Å². The highest BCUT2D eigenvalue weighted by molar-refractivity contribution is 5.89. The number of aliphatic carboxylic acids is 2. The Kier molecular flexibility index (Phi) is 21.5. The first kappa shape index (κ1) is 52.6. The Morgan fingerprint density at radius 2 is 1.11 bits per heavy atom. The number of nitrogens with zero attached hydrogens (tertiary/aromatic N) is 2. The predicted octanol–water partition coefficient (Wildman–Crippen LogP) is 4.61. The van der Waals surface area contributed by atoms with Gasteiger partial charge in [-0.3, -0.25) is 29.8 Å². The van der Waals surface area contributed by atoms with Gasteiger partial charge in [0.25, 0.3) is 0 Å². The van der Waals surface area contributed by atoms with Gasteiger partial charge in [0.15, 0.2) is 11.5 Å². The number of carbonyl (C=O) groups excluding carboxylic acids is 4. The minimum Gasteiger partial charge on any atom is -0.493 e. The average Bonchev–Trinajstić information content (AvgIpc) is 3.79. The predicted molar refractivity (Wildman–Crippen MR) is 240 cm³/mol. The van der Waals surface area contributed by atoms with Gasteiger partial charge < -0.3 is 39.0 Å². The number of amides is 2. The molecule has 0 radical (unpaired) electrons. The Hall–Kier alpha value is -5.71. The molecule has 3 aromatic rings. The fourth-order valence-corrected chi connectivity index (χ4v) is 7.83. The number of nitrogens with one attached hydrogen (secondary N) is 2. The standard InChI is InChI=1S/C27H34N2O7.C20H28N2O5.ClH/c1-5-36-27(33)21(12-11-18-9-7-6-8-10-18)28-17(2)25(30)29-16-20-15-24(35-4)23(34-3)14-19(20)13-22(29)26(31)32;1-3-27-20(26)16(12-11-15-8-5-4-6-9-15)21-14(2)18(23)22-13-7-10-17(22)19(24)25;/h6-10,14-15,17,21-22,28H,5,11-13,16H2,1-4H3,(H,31,32);4-6,8-9,14,16-17,21H,3,7,10-13H2,1-2H3,(H,24,25);1H/t17-,21-,22-;14-,16-,17-;/m00./s1. The molecule has 3 aromatic carbocycles. The molecule has 1 saturated heterocycles. The van der Waals surface area contributed by atoms with Crippen LogP contribution in [-0.2, 0) is 64.0 Å². The molecule has 1 fully saturated rings. The molecule has 2 aliphatic rings. The van der Waals surface area contributed by atoms with Gasteiger partial charge in [-0.25, -0.2) is 9.59 Å². The van der Waals surface area contributed by atoms with Crippen molar-refractivity contribution in [1.82, 2.24) is 20.4 Å². The molecular formula is C47H63ClN4O12. The number of aryl methyl sites for hydroxylation is 2. The quantitative estimate of drug-likeness (QED) is 0.114. The maximum Gasteiger partial charge on any atom is 0.326 e. The van der Waals surface area contributed by atoms with Crippen LogP contribution in [0.3, 0.4) is 0 Å². The third kappa shape index (κ3) is 14.7. The van der Waals surface area contributed by atoms with Crippen molar-refractivity contribution in [2.24, 2.45) is 0 Å². The summed E-state index contributed by atoms with van der Waals surface area (Å²) in [7, 11) is 3.04. The highest BCUT2D eigenvalue weighted by Gasteiger charge is 2.39. The van der Waals surface area contributed by atoms with Gasteiger partial charge in [0.2, 0.25) is 11.8 Å². The smallest absolute Gasteiger partial charge is 0.326 e. The van der Waals surface area contributed by atoms with Crippen molar-refractivity contribution >= 4 is 48.1 Å². The molecule has 0 unspecified atom stereocenters. The fraction of sp³-hybridized carbons (Fsp3) is 0.489. The van der Waals surface area contributed by atoms with Crippen LogP contribution < -0.4 is 20.1 Å². The Bertz CT molecular complexity index is 2010. The molecule has 0 bridgehead atoms. The maximum absolute atomic E-state index is 13.5. The van der Waals surface area contributed by atoms with E-state index in [0.29, 0.717) is 56.6 Å². The van der Waals surface area contributed by atoms with Crippen LogP contribution in [0.4, 0.5) is 0 Å². The second-order valence-corrected chi connectivity index (χ2v) is 15.5. The van der Waals surface area contributed by atoms with Crippen molar-refractivity contribution in [3.05, 3.63) is 95.1 Å². The Morgan fingerprint density at radius 3 is 1.53 bits per heavy atom. The molecule has 0 spiro atoms. The normalized spacial score (nSPS) is 17.2. The number of likely N-dealkylation sites (tertiary alicyclic amines) is 1. The lowest BCUT2D eigenvalue weighted by atomic mass is 9.92. The van der Waals surface area contributed by atoms with Crippen LogP contribution in [0.5, 0.6) is 11.5 Å². The lowest BCUT2D eigenvalue weighted by Gasteiger charge is -2.37. The lowest BCUT2D eigenvalue weighted by molar-refractivity contribution is -0.153. The third-order valence-corrected chi connectivity index (χ3v) is 11.1. The number of ether oxygens (including phenoxy) is 4. The molecule has 2 aliphatic heterocycles. The maximum atomic E-state index is 13.5. The molecule has 16 nitrogen and oxygen atoms in total. The number of hydrogen-bond donors (Lipinski definition) is 4. The second-order valence-electron chi connectivity index (χ2n) is 15.5. The number of carboxylic acids is 2. The van der Waals surface area contributed by atoms with Crippen molar-refractivity contribution in [2.45, 2.75) is 115 Å². The molecule has 64 heavy (non-hydrogen) atoms. The van der Waals surface area contributed by atoms with Crippen LogP contribution in [0.2, 0.25) is 0 Å². The highest BCUT2D eigenvalue weighted by Crippen LogP contribution is 2.35. The number of benzene rings is 3. The summed E-state index contributed by atoms with van der Waals surface area (Å²) >= 11 is 0. The molecular weight excluding hydrogens is 848 g/mol. The molecule has 4 N–H and O–H groups in total. The molecule has 350 valence electrons. The number of carbonyl (C=O) groups is 6. The van der Waals surface area contributed by atoms with Gasteiger partial charge in [-0.15, -0.1) is 12.4 Å². The number of methoxy groups -OCH3 is 2. The number of esters is 2. The van der Waals surface area contributed by atoms with Crippen LogP contribution in [0.25, 0.3) is 0 Å². The molecule has 6 atom stereocenters. The van der Waals surface area contributed by atoms with Crippen molar-refractivity contribution in [3.8, 4) is 11.5 Å². The van der Waals surface area contributed by atoms with Gasteiger partial charge in [-0.2, -0.15) is 0 Å². The summed E-state index contributed by atoms with van der Waals surface area (Å²) in [5.41, 5.74) is 3.74. The lowest BCUT2D eigenvalue weighted by Crippen LogP contribution is -2.56. The third-order valence-electron chi connectivity index (χ3n) is 11.1. The van der Waals surface area contributed by atoms with E-state index in [1.54, 1.807) is 39.8 Å². The van der Waals surface area contributed by atoms with Crippen LogP contribution >= 0.6 is 12.4 Å². The van der Waals surface area contributed by atoms with Crippen molar-refractivity contribution < 1.29 is 57.9 Å². The molecule has 17 heteroatoms. The minimum atomic E-state index is -1.10. The van der Waals surface area contributed by atoms with E-state index in [1.165, 1.54) is 24.0 Å². The van der Waals surface area contributed by atoms with E-state index in [-0.39, 0.29) is 44.5 Å². The molecule has 5 rings (SSSR count). The van der Waals surface area contributed by atoms with Crippen LogP contribution in [0.1, 0.15) is 75.6 Å². The van der Waals surface area contributed by atoms with Gasteiger partial charge in [-0.05, 0) is 101 Å². The van der Waals surface area contributed by atoms with E-state index in [0.717, 1.165) is 22.3 Å². The number of halogens is 1. The topological polar surface area (TPSA) is 210 Å². The second kappa shape index (κ2) is 26.2. The van der Waals surface area contributed by atoms with Gasteiger partial charge >= 0.3 is 23.9 Å². The van der Waals surface area contributed by atoms with Gasteiger partial charge in [0.05, 0.1) is 39.5 Å². The van der Waals surface area contributed by atoms with Crippen LogP contribution in [0, 0.1) is 0 Å². The van der Waals surface area contributed by atoms with E-state index in [1.807, 2.05) is 60.7 Å². The van der Waals surface area contributed by atoms with E-state index >= 15 is 0 Å². The van der Waals surface area contributed by atoms with Crippen molar-refractivity contribution in [3.63, 3.8) is 0 Å². The van der Waals surface area contributed by atoms with Crippen LogP contribution in [0.15, 0.2) is 72.8 Å². The largest absolute Gasteiger partial charge is 0.493 e. The summed E-state index contributed by atoms with van der Waals surface area (Å²) in [5, 5.41) is 25.3. The average molecular weight is 911 g/mol. The summed E-state index contributed by atoms with van der Waals surface area (Å²) in [5.74, 6) is -2.61. The number of rotatable bonds is 20. The summed E-state index contributed by atoms with van der Waals surface area (Å²) in [6, 6.07) is 18.4. The van der Waals surface area contributed by atoms with E-state index < -0.39 is 66.0 Å². The summed E-state index contributed by atoms with van der Waals surface area (Å²) in [4.78, 5) is 77.3. The van der Waals surface area contributed by atoms with E-state index in [9.17, 15) is 39.0 Å². The molecule has 0 aliphatic carbocycles. The molecule has 0 aromatic heterocycles. The number of hydrogen-bond acceptors (Lipinski definition) is 12. The first-order valence-corrected chi connectivity index (χ1v) is 21.5.